The third-order valence-corrected chi connectivity index (χ3v) is 4.84. The summed E-state index contributed by atoms with van der Waals surface area (Å²) in [5, 5.41) is 7.99. The van der Waals surface area contributed by atoms with Crippen molar-refractivity contribution in [1.29, 1.82) is 0 Å². The summed E-state index contributed by atoms with van der Waals surface area (Å²) in [6, 6.07) is 7.35. The van der Waals surface area contributed by atoms with E-state index < -0.39 is 35.4 Å². The van der Waals surface area contributed by atoms with Crippen LogP contribution in [0.15, 0.2) is 47.6 Å². The predicted octanol–water partition coefficient (Wildman–Crippen LogP) is 4.31. The highest BCUT2D eigenvalue weighted by Crippen LogP contribution is 2.34. The Labute approximate surface area is 174 Å². The van der Waals surface area contributed by atoms with Crippen molar-refractivity contribution in [2.45, 2.75) is 25.1 Å². The Kier molecular flexibility index (Phi) is 6.12. The van der Waals surface area contributed by atoms with Crippen LogP contribution in [0.25, 0.3) is 0 Å². The van der Waals surface area contributed by atoms with E-state index in [2.05, 4.69) is 10.4 Å². The van der Waals surface area contributed by atoms with Gasteiger partial charge in [0.05, 0.1) is 11.3 Å². The fourth-order valence-electron chi connectivity index (χ4n) is 3.09. The maximum absolute atomic E-state index is 14.1. The molecule has 0 saturated carbocycles. The summed E-state index contributed by atoms with van der Waals surface area (Å²) in [7, 11) is 1.30. The maximum Gasteiger partial charge on any atom is 0.419 e. The van der Waals surface area contributed by atoms with E-state index >= 15 is 0 Å². The van der Waals surface area contributed by atoms with Gasteiger partial charge in [-0.2, -0.15) is 18.3 Å². The van der Waals surface area contributed by atoms with Crippen LogP contribution in [0.1, 0.15) is 35.6 Å². The predicted molar refractivity (Wildman–Crippen MR) is 102 cm³/mol. The molecule has 1 atom stereocenters. The molecule has 30 heavy (non-hydrogen) atoms. The van der Waals surface area contributed by atoms with Gasteiger partial charge in [-0.15, -0.1) is 0 Å². The van der Waals surface area contributed by atoms with Crippen molar-refractivity contribution >= 4 is 29.1 Å². The third kappa shape index (κ3) is 4.46. The van der Waals surface area contributed by atoms with E-state index in [1.54, 1.807) is 24.3 Å². The Hall–Kier alpha value is -2.94. The number of rotatable bonds is 4. The molecule has 0 spiro atoms. The minimum Gasteiger partial charge on any atom is -0.357 e. The Morgan fingerprint density at radius 1 is 1.17 bits per heavy atom. The number of alkyl halides is 3. The van der Waals surface area contributed by atoms with Gasteiger partial charge in [-0.1, -0.05) is 29.8 Å². The zero-order valence-electron chi connectivity index (χ0n) is 15.6. The molecule has 0 aromatic heterocycles. The Bertz CT molecular complexity index is 1010. The first-order valence-corrected chi connectivity index (χ1v) is 9.23. The van der Waals surface area contributed by atoms with Gasteiger partial charge >= 0.3 is 6.18 Å². The second-order valence-corrected chi connectivity index (χ2v) is 6.98. The molecule has 1 N–H and O–H groups in total. The molecular weight excluding hydrogens is 426 g/mol. The lowest BCUT2D eigenvalue weighted by atomic mass is 10.00. The van der Waals surface area contributed by atoms with Crippen LogP contribution in [0.4, 0.5) is 17.6 Å². The molecular formula is C20H16ClF4N3O2. The summed E-state index contributed by atoms with van der Waals surface area (Å²) in [6.45, 7) is 0. The van der Waals surface area contributed by atoms with Crippen molar-refractivity contribution in [2.75, 3.05) is 7.05 Å². The van der Waals surface area contributed by atoms with Crippen LogP contribution >= 0.6 is 11.6 Å². The molecule has 0 saturated heterocycles. The fraction of sp³-hybridized carbons (Fsp3) is 0.250. The average molecular weight is 442 g/mol. The van der Waals surface area contributed by atoms with Gasteiger partial charge in [-0.25, -0.2) is 9.40 Å². The van der Waals surface area contributed by atoms with Crippen molar-refractivity contribution in [2.24, 2.45) is 5.10 Å². The Morgan fingerprint density at radius 2 is 1.83 bits per heavy atom. The van der Waals surface area contributed by atoms with Crippen molar-refractivity contribution < 1.29 is 27.2 Å². The number of amides is 2. The molecule has 1 unspecified atom stereocenters. The first kappa shape index (κ1) is 21.8. The second kappa shape index (κ2) is 8.43. The smallest absolute Gasteiger partial charge is 0.357 e. The van der Waals surface area contributed by atoms with E-state index in [0.29, 0.717) is 34.9 Å². The van der Waals surface area contributed by atoms with Crippen molar-refractivity contribution in [1.82, 2.24) is 10.3 Å². The minimum atomic E-state index is -4.88. The highest BCUT2D eigenvalue weighted by molar-refractivity contribution is 6.30. The number of nitrogens with one attached hydrogen (secondary N) is 1. The van der Waals surface area contributed by atoms with Crippen LogP contribution in [-0.4, -0.2) is 29.6 Å². The number of hydrogen-bond donors (Lipinski definition) is 1. The zero-order valence-corrected chi connectivity index (χ0v) is 16.4. The van der Waals surface area contributed by atoms with Gasteiger partial charge in [0, 0.05) is 24.9 Å². The van der Waals surface area contributed by atoms with Gasteiger partial charge in [0.15, 0.2) is 6.04 Å². The number of carbonyl (C=O) groups is 2. The summed E-state index contributed by atoms with van der Waals surface area (Å²) >= 11 is 5.88. The van der Waals surface area contributed by atoms with E-state index in [9.17, 15) is 27.2 Å². The first-order valence-electron chi connectivity index (χ1n) is 8.85. The highest BCUT2D eigenvalue weighted by atomic mass is 35.5. The van der Waals surface area contributed by atoms with E-state index in [0.717, 1.165) is 11.1 Å². The number of hydrazone groups is 1. The number of halogens is 5. The lowest BCUT2D eigenvalue weighted by molar-refractivity contribution is -0.141. The number of hydrogen-bond acceptors (Lipinski definition) is 3. The molecule has 1 heterocycles. The maximum atomic E-state index is 14.1. The summed E-state index contributed by atoms with van der Waals surface area (Å²) in [6.07, 6.45) is -4.55. The van der Waals surface area contributed by atoms with Gasteiger partial charge in [0.1, 0.15) is 5.82 Å². The van der Waals surface area contributed by atoms with Crippen LogP contribution in [0.3, 0.4) is 0 Å². The molecule has 0 fully saturated rings. The number of likely N-dealkylation sites (N-methyl/N-ethyl adjacent to an activating group) is 1. The van der Waals surface area contributed by atoms with E-state index in [1.165, 1.54) is 7.05 Å². The number of carbonyl (C=O) groups excluding carboxylic acids is 2. The summed E-state index contributed by atoms with van der Waals surface area (Å²) in [5.41, 5.74) is -0.426. The molecule has 1 aliphatic rings. The van der Waals surface area contributed by atoms with Crippen molar-refractivity contribution in [3.8, 4) is 0 Å². The van der Waals surface area contributed by atoms with Gasteiger partial charge in [0.2, 0.25) is 11.8 Å². The molecule has 3 rings (SSSR count). The van der Waals surface area contributed by atoms with Crippen LogP contribution in [-0.2, 0) is 15.8 Å². The summed E-state index contributed by atoms with van der Waals surface area (Å²) in [5.74, 6) is -2.77. The third-order valence-electron chi connectivity index (χ3n) is 4.59. The summed E-state index contributed by atoms with van der Waals surface area (Å²) < 4.78 is 52.7. The standard InChI is InChI=1S/C20H16ClF4N3O2/c1-26-19(30)18(12-4-7-14(15(22)10-12)20(23,24)25)28-17(29)9-8-16(27-28)11-2-5-13(21)6-3-11/h2-7,10,18H,8-9H2,1H3,(H,26,30). The largest absolute Gasteiger partial charge is 0.419 e. The monoisotopic (exact) mass is 441 g/mol. The molecule has 0 bridgehead atoms. The summed E-state index contributed by atoms with van der Waals surface area (Å²) in [4.78, 5) is 25.0. The SMILES string of the molecule is CNC(=O)C(c1ccc(C(F)(F)F)c(F)c1)N1N=C(c2ccc(Cl)cc2)CCC1=O. The quantitative estimate of drug-likeness (QED) is 0.719. The van der Waals surface area contributed by atoms with Crippen LogP contribution in [0, 0.1) is 5.82 Å². The van der Waals surface area contributed by atoms with Crippen LogP contribution in [0.5, 0.6) is 0 Å². The van der Waals surface area contributed by atoms with Gasteiger partial charge in [0.25, 0.3) is 0 Å². The average Bonchev–Trinajstić information content (AvgIpc) is 2.69. The Morgan fingerprint density at radius 3 is 2.40 bits per heavy atom. The van der Waals surface area contributed by atoms with Crippen molar-refractivity contribution in [3.05, 3.63) is 70.0 Å². The molecule has 0 radical (unpaired) electrons. The Balaban J connectivity index is 2.05. The van der Waals surface area contributed by atoms with E-state index in [1.807, 2.05) is 0 Å². The fourth-order valence-corrected chi connectivity index (χ4v) is 3.22. The molecule has 5 nitrogen and oxygen atoms in total. The highest BCUT2D eigenvalue weighted by Gasteiger charge is 2.37. The minimum absolute atomic E-state index is 0.0259. The van der Waals surface area contributed by atoms with E-state index in [-0.39, 0.29) is 12.0 Å². The lowest BCUT2D eigenvalue weighted by Crippen LogP contribution is -2.42. The van der Waals surface area contributed by atoms with E-state index in [4.69, 9.17) is 11.6 Å². The zero-order chi connectivity index (χ0) is 22.1. The van der Waals surface area contributed by atoms with Gasteiger partial charge in [-0.3, -0.25) is 9.59 Å². The first-order chi connectivity index (χ1) is 14.1. The molecule has 2 aromatic rings. The van der Waals surface area contributed by atoms with Gasteiger partial charge in [-0.05, 0) is 35.4 Å². The topological polar surface area (TPSA) is 61.8 Å². The molecule has 0 aliphatic carbocycles. The molecule has 10 heteroatoms. The van der Waals surface area contributed by atoms with Crippen molar-refractivity contribution in [3.63, 3.8) is 0 Å². The number of nitrogens with zero attached hydrogens (tertiary/aromatic N) is 2. The van der Waals surface area contributed by atoms with Crippen LogP contribution < -0.4 is 5.32 Å². The molecule has 2 aromatic carbocycles. The normalized spacial score (nSPS) is 15.6. The van der Waals surface area contributed by atoms with Gasteiger partial charge < -0.3 is 5.32 Å². The second-order valence-electron chi connectivity index (χ2n) is 6.55. The number of benzene rings is 2. The molecule has 1 aliphatic heterocycles. The lowest BCUT2D eigenvalue weighted by Gasteiger charge is -2.30. The molecule has 2 amide bonds. The molecule has 158 valence electrons. The van der Waals surface area contributed by atoms with Crippen LogP contribution in [0.2, 0.25) is 5.02 Å².